The first-order valence-electron chi connectivity index (χ1n) is 1.52. The Bertz CT molecular complexity index is 85.4. The van der Waals surface area contributed by atoms with Crippen molar-refractivity contribution in [2.75, 3.05) is 0 Å². The van der Waals surface area contributed by atoms with Gasteiger partial charge in [-0.15, -0.1) is 0 Å². The van der Waals surface area contributed by atoms with E-state index in [2.05, 4.69) is 31.9 Å². The molecule has 0 amide bonds. The van der Waals surface area contributed by atoms with Crippen LogP contribution in [-0.4, -0.2) is 7.02 Å². The number of carbonyl (C=O) groups excluding carboxylic acids is 1. The van der Waals surface area contributed by atoms with Crippen LogP contribution in [0.5, 0.6) is 0 Å². The van der Waals surface area contributed by atoms with Crippen LogP contribution < -0.4 is 0 Å². The van der Waals surface area contributed by atoms with Crippen molar-refractivity contribution in [1.82, 2.24) is 0 Å². The molecule has 0 aliphatic rings. The minimum atomic E-state index is -0.544. The van der Waals surface area contributed by atoms with Crippen molar-refractivity contribution >= 4 is 60.2 Å². The van der Waals surface area contributed by atoms with Gasteiger partial charge in [0.05, 0.1) is 0 Å². The lowest BCUT2D eigenvalue weighted by Gasteiger charge is -2.03. The van der Waals surface area contributed by atoms with Crippen LogP contribution in [0, 0.1) is 0 Å². The quantitative estimate of drug-likeness (QED) is 0.529. The van der Waals surface area contributed by atoms with Crippen molar-refractivity contribution in [1.29, 1.82) is 0 Å². The normalized spacial score (nSPS) is 11.4. The average molecular weight is 342 g/mol. The predicted octanol–water partition coefficient (Wildman–Crippen LogP) is 2.45. The molecule has 4 heteroatoms. The second-order valence-electron chi connectivity index (χ2n) is 1.05. The third kappa shape index (κ3) is 3.90. The van der Waals surface area contributed by atoms with E-state index in [0.29, 0.717) is 0 Å². The fourth-order valence-electron chi connectivity index (χ4n) is 0. The highest BCUT2D eigenvalue weighted by Crippen LogP contribution is 2.34. The smallest absolute Gasteiger partial charge is 0.188 e. The van der Waals surface area contributed by atoms with E-state index >= 15 is 0 Å². The van der Waals surface area contributed by atoms with Gasteiger partial charge in [-0.1, -0.05) is 31.9 Å². The van der Waals surface area contributed by atoms with Crippen molar-refractivity contribution < 1.29 is 4.79 Å². The molecule has 0 saturated heterocycles. The van der Waals surface area contributed by atoms with E-state index in [1.807, 2.05) is 22.6 Å². The van der Waals surface area contributed by atoms with E-state index in [1.54, 1.807) is 0 Å². The lowest BCUT2D eigenvalue weighted by molar-refractivity contribution is -0.115. The monoisotopic (exact) mass is 340 g/mol. The highest BCUT2D eigenvalue weighted by atomic mass is 127. The molecule has 0 bridgehead atoms. The van der Waals surface area contributed by atoms with Crippen molar-refractivity contribution in [3.8, 4) is 0 Å². The van der Waals surface area contributed by atoms with Gasteiger partial charge in [-0.2, -0.15) is 0 Å². The summed E-state index contributed by atoms with van der Waals surface area (Å²) < 4.78 is -0.544. The lowest BCUT2D eigenvalue weighted by Crippen LogP contribution is -2.10. The molecule has 0 unspecified atom stereocenters. The molecular formula is C3H3Br2IO. The Balaban J connectivity index is 3.79. The maximum Gasteiger partial charge on any atom is 0.188 e. The highest BCUT2D eigenvalue weighted by Gasteiger charge is 2.22. The number of hydrogen-bond acceptors (Lipinski definition) is 1. The van der Waals surface area contributed by atoms with Crippen LogP contribution in [0.15, 0.2) is 0 Å². The van der Waals surface area contributed by atoms with Gasteiger partial charge in [0, 0.05) is 0 Å². The lowest BCUT2D eigenvalue weighted by atomic mass is 10.5. The van der Waals surface area contributed by atoms with Gasteiger partial charge in [0.2, 0.25) is 0 Å². The number of Topliss-reactive ketones (excluding diaryl/α,β-unsaturated/α-hetero) is 1. The fraction of sp³-hybridized carbons (Fsp3) is 0.667. The Labute approximate surface area is 72.6 Å². The van der Waals surface area contributed by atoms with Gasteiger partial charge in [0.1, 0.15) is 0 Å². The van der Waals surface area contributed by atoms with Gasteiger partial charge in [0.15, 0.2) is 7.02 Å². The molecule has 0 aliphatic carbocycles. The second-order valence-corrected chi connectivity index (χ2v) is 9.08. The van der Waals surface area contributed by atoms with Crippen LogP contribution in [0.1, 0.15) is 6.92 Å². The summed E-state index contributed by atoms with van der Waals surface area (Å²) in [5, 5.41) is 0. The second kappa shape index (κ2) is 2.77. The predicted molar refractivity (Wildman–Crippen MR) is 45.3 cm³/mol. The maximum atomic E-state index is 10.4. The summed E-state index contributed by atoms with van der Waals surface area (Å²) in [6.45, 7) is 1.51. The van der Waals surface area contributed by atoms with Crippen LogP contribution in [0.2, 0.25) is 0 Å². The number of carbonyl (C=O) groups is 1. The SMILES string of the molecule is CC(=O)C(Br)(Br)I. The average Bonchev–Trinajstić information content (AvgIpc) is 1.31. The maximum absolute atomic E-state index is 10.4. The number of rotatable bonds is 1. The van der Waals surface area contributed by atoms with Crippen LogP contribution >= 0.6 is 54.5 Å². The van der Waals surface area contributed by atoms with Crippen molar-refractivity contribution in [3.05, 3.63) is 0 Å². The Morgan fingerprint density at radius 2 is 1.86 bits per heavy atom. The first-order chi connectivity index (χ1) is 2.94. The Morgan fingerprint density at radius 3 is 1.86 bits per heavy atom. The molecule has 42 valence electrons. The molecule has 0 aliphatic heterocycles. The zero-order valence-corrected chi connectivity index (χ0v) is 8.87. The zero-order valence-electron chi connectivity index (χ0n) is 3.54. The number of alkyl halides is 3. The molecule has 0 aromatic rings. The zero-order chi connectivity index (χ0) is 6.08. The molecule has 0 N–H and O–H groups in total. The standard InChI is InChI=1S/C3H3Br2IO/c1-2(7)3(4,5)6/h1H3. The molecule has 0 rings (SSSR count). The van der Waals surface area contributed by atoms with Crippen molar-refractivity contribution in [2.45, 2.75) is 8.16 Å². The molecule has 0 radical (unpaired) electrons. The van der Waals surface area contributed by atoms with E-state index in [4.69, 9.17) is 0 Å². The number of ketones is 1. The molecule has 7 heavy (non-hydrogen) atoms. The molecular weight excluding hydrogens is 339 g/mol. The summed E-state index contributed by atoms with van der Waals surface area (Å²) in [7, 11) is 0. The van der Waals surface area contributed by atoms with E-state index < -0.39 is 1.24 Å². The van der Waals surface area contributed by atoms with Crippen molar-refractivity contribution in [3.63, 3.8) is 0 Å². The first-order valence-corrected chi connectivity index (χ1v) is 4.19. The molecule has 0 aromatic carbocycles. The molecule has 0 spiro atoms. The third-order valence-corrected chi connectivity index (χ3v) is 2.28. The van der Waals surface area contributed by atoms with Gasteiger partial charge in [0.25, 0.3) is 0 Å². The topological polar surface area (TPSA) is 17.1 Å². The van der Waals surface area contributed by atoms with Gasteiger partial charge >= 0.3 is 0 Å². The summed E-state index contributed by atoms with van der Waals surface area (Å²) >= 11 is 8.14. The van der Waals surface area contributed by atoms with E-state index in [1.165, 1.54) is 6.92 Å². The van der Waals surface area contributed by atoms with Gasteiger partial charge in [-0.3, -0.25) is 4.79 Å². The molecule has 0 aromatic heterocycles. The van der Waals surface area contributed by atoms with Crippen LogP contribution in [0.3, 0.4) is 0 Å². The first kappa shape index (κ1) is 8.36. The summed E-state index contributed by atoms with van der Waals surface area (Å²) in [5.74, 6) is 0.0631. The van der Waals surface area contributed by atoms with Crippen LogP contribution in [0.4, 0.5) is 0 Å². The number of halogens is 3. The summed E-state index contributed by atoms with van der Waals surface area (Å²) in [4.78, 5) is 10.4. The molecule has 0 saturated carbocycles. The van der Waals surface area contributed by atoms with Crippen LogP contribution in [0.25, 0.3) is 0 Å². The molecule has 0 atom stereocenters. The minimum absolute atomic E-state index is 0.0631. The fourth-order valence-corrected chi connectivity index (χ4v) is 0. The Morgan fingerprint density at radius 1 is 1.71 bits per heavy atom. The van der Waals surface area contributed by atoms with E-state index in [0.717, 1.165) is 0 Å². The van der Waals surface area contributed by atoms with Gasteiger partial charge < -0.3 is 0 Å². The summed E-state index contributed by atoms with van der Waals surface area (Å²) in [6.07, 6.45) is 0. The Hall–Kier alpha value is 1.36. The number of hydrogen-bond donors (Lipinski definition) is 0. The summed E-state index contributed by atoms with van der Waals surface area (Å²) in [5.41, 5.74) is 0. The Kier molecular flexibility index (Phi) is 3.31. The largest absolute Gasteiger partial charge is 0.297 e. The molecule has 0 fully saturated rings. The van der Waals surface area contributed by atoms with E-state index in [9.17, 15) is 4.79 Å². The molecule has 1 nitrogen and oxygen atoms in total. The minimum Gasteiger partial charge on any atom is -0.297 e. The third-order valence-electron chi connectivity index (χ3n) is 0.399. The summed E-state index contributed by atoms with van der Waals surface area (Å²) in [6, 6.07) is 0. The van der Waals surface area contributed by atoms with Gasteiger partial charge in [-0.25, -0.2) is 0 Å². The van der Waals surface area contributed by atoms with Crippen LogP contribution in [-0.2, 0) is 4.79 Å². The highest BCUT2D eigenvalue weighted by molar-refractivity contribution is 14.1. The van der Waals surface area contributed by atoms with E-state index in [-0.39, 0.29) is 5.78 Å². The van der Waals surface area contributed by atoms with Gasteiger partial charge in [-0.05, 0) is 29.5 Å². The van der Waals surface area contributed by atoms with Crippen molar-refractivity contribution in [2.24, 2.45) is 0 Å². The molecule has 0 heterocycles.